The summed E-state index contributed by atoms with van der Waals surface area (Å²) in [4.78, 5) is 38.5. The van der Waals surface area contributed by atoms with Crippen LogP contribution in [0.25, 0.3) is 10.8 Å². The van der Waals surface area contributed by atoms with Gasteiger partial charge in [-0.3, -0.25) is 14.4 Å². The Morgan fingerprint density at radius 3 is 2.56 bits per heavy atom. The Morgan fingerprint density at radius 2 is 1.86 bits per heavy atom. The largest absolute Gasteiger partial charge is 0.511 e. The summed E-state index contributed by atoms with van der Waals surface area (Å²) >= 11 is 0. The van der Waals surface area contributed by atoms with E-state index in [9.17, 15) is 34.8 Å². The van der Waals surface area contributed by atoms with E-state index in [1.807, 2.05) is 18.2 Å². The Morgan fingerprint density at radius 1 is 1.11 bits per heavy atom. The van der Waals surface area contributed by atoms with Gasteiger partial charge in [-0.15, -0.1) is 0 Å². The lowest BCUT2D eigenvalue weighted by atomic mass is 9.60. The Labute approximate surface area is 205 Å². The Bertz CT molecular complexity index is 1450. The first-order valence-corrected chi connectivity index (χ1v) is 12.1. The van der Waals surface area contributed by atoms with Gasteiger partial charge < -0.3 is 31.5 Å². The molecule has 0 spiro atoms. The summed E-state index contributed by atoms with van der Waals surface area (Å²) in [5.74, 6) is -5.53. The summed E-state index contributed by atoms with van der Waals surface area (Å²) < 4.78 is 0. The molecule has 1 unspecified atom stereocenters. The van der Waals surface area contributed by atoms with Crippen molar-refractivity contribution in [3.05, 3.63) is 58.1 Å². The van der Waals surface area contributed by atoms with Crippen molar-refractivity contribution in [2.75, 3.05) is 11.9 Å². The maximum atomic E-state index is 13.7. The van der Waals surface area contributed by atoms with E-state index in [0.29, 0.717) is 23.3 Å². The number of nitrogens with one attached hydrogen (secondary N) is 1. The normalized spacial score (nSPS) is 27.6. The van der Waals surface area contributed by atoms with Gasteiger partial charge in [0.05, 0.1) is 5.56 Å². The third-order valence-corrected chi connectivity index (χ3v) is 8.16. The number of benzene rings is 2. The summed E-state index contributed by atoms with van der Waals surface area (Å²) in [6, 6.07) is 7.43. The lowest BCUT2D eigenvalue weighted by Gasteiger charge is -2.45. The molecule has 1 saturated carbocycles. The van der Waals surface area contributed by atoms with Gasteiger partial charge in [0.2, 0.25) is 5.78 Å². The number of fused-ring (bicyclic) bond motifs is 4. The first-order valence-electron chi connectivity index (χ1n) is 12.1. The second kappa shape index (κ2) is 7.57. The van der Waals surface area contributed by atoms with E-state index in [4.69, 9.17) is 5.73 Å². The number of Topliss-reactive ketones (excluding diaryl/α,β-unsaturated/α-hetero) is 2. The van der Waals surface area contributed by atoms with Crippen molar-refractivity contribution >= 4 is 33.9 Å². The number of anilines is 1. The monoisotopic (exact) mass is 490 g/mol. The maximum Gasteiger partial charge on any atom is 0.255 e. The van der Waals surface area contributed by atoms with Crippen LogP contribution in [-0.4, -0.2) is 50.0 Å². The molecule has 2 aromatic rings. The number of aliphatic hydroxyl groups is 3. The molecule has 9 nitrogen and oxygen atoms in total. The van der Waals surface area contributed by atoms with Gasteiger partial charge in [0.25, 0.3) is 5.91 Å². The molecular weight excluding hydrogens is 464 g/mol. The number of allylic oxidation sites excluding steroid dienone is 2. The average Bonchev–Trinajstić information content (AvgIpc) is 3.64. The van der Waals surface area contributed by atoms with Crippen molar-refractivity contribution in [3.63, 3.8) is 0 Å². The Balaban J connectivity index is 1.45. The quantitative estimate of drug-likeness (QED) is 0.355. The van der Waals surface area contributed by atoms with Gasteiger partial charge in [-0.05, 0) is 60.6 Å². The van der Waals surface area contributed by atoms with E-state index in [-0.39, 0.29) is 29.7 Å². The number of carbonyl (C=O) groups excluding carboxylic acids is 3. The molecule has 0 aliphatic heterocycles. The van der Waals surface area contributed by atoms with Crippen LogP contribution in [0.15, 0.2) is 46.9 Å². The van der Waals surface area contributed by atoms with E-state index in [2.05, 4.69) is 5.32 Å². The minimum absolute atomic E-state index is 0.0264. The molecule has 1 fully saturated rings. The topological polar surface area (TPSA) is 170 Å². The highest BCUT2D eigenvalue weighted by molar-refractivity contribution is 6.24. The van der Waals surface area contributed by atoms with Crippen molar-refractivity contribution in [3.8, 4) is 5.75 Å². The van der Waals surface area contributed by atoms with Crippen molar-refractivity contribution in [2.45, 2.75) is 37.7 Å². The molecule has 3 atom stereocenters. The molecule has 2 aromatic carbocycles. The zero-order chi connectivity index (χ0) is 25.5. The van der Waals surface area contributed by atoms with Crippen molar-refractivity contribution in [2.24, 2.45) is 23.5 Å². The molecule has 9 heteroatoms. The van der Waals surface area contributed by atoms with Crippen molar-refractivity contribution in [1.29, 1.82) is 0 Å². The molecule has 1 amide bonds. The number of nitrogens with two attached hydrogens (primary N) is 1. The van der Waals surface area contributed by atoms with Gasteiger partial charge in [-0.1, -0.05) is 12.1 Å². The molecule has 36 heavy (non-hydrogen) atoms. The number of phenols is 1. The highest BCUT2D eigenvalue weighted by Gasteiger charge is 2.59. The number of aliphatic hydroxyl groups excluding tert-OH is 2. The number of phenolic OH excluding ortho intramolecular Hbond substituents is 1. The van der Waals surface area contributed by atoms with Crippen LogP contribution >= 0.6 is 0 Å². The minimum atomic E-state index is -2.55. The van der Waals surface area contributed by atoms with Crippen LogP contribution < -0.4 is 11.1 Å². The summed E-state index contributed by atoms with van der Waals surface area (Å²) in [5.41, 5.74) is 3.20. The highest BCUT2D eigenvalue weighted by Crippen LogP contribution is 2.52. The van der Waals surface area contributed by atoms with Gasteiger partial charge >= 0.3 is 0 Å². The van der Waals surface area contributed by atoms with Gasteiger partial charge in [0, 0.05) is 35.5 Å². The number of rotatable bonds is 4. The van der Waals surface area contributed by atoms with Crippen LogP contribution in [-0.2, 0) is 16.0 Å². The predicted molar refractivity (Wildman–Crippen MR) is 130 cm³/mol. The number of hydrogen-bond acceptors (Lipinski definition) is 8. The van der Waals surface area contributed by atoms with Crippen LogP contribution in [0.2, 0.25) is 0 Å². The van der Waals surface area contributed by atoms with Crippen LogP contribution in [0.1, 0.15) is 41.6 Å². The highest BCUT2D eigenvalue weighted by atomic mass is 16.3. The molecule has 4 aliphatic rings. The van der Waals surface area contributed by atoms with Gasteiger partial charge in [0.15, 0.2) is 11.4 Å². The van der Waals surface area contributed by atoms with Crippen LogP contribution in [0.5, 0.6) is 5.75 Å². The fraction of sp³-hybridized carbons (Fsp3) is 0.370. The van der Waals surface area contributed by atoms with Crippen LogP contribution in [0.4, 0.5) is 5.69 Å². The summed E-state index contributed by atoms with van der Waals surface area (Å²) in [7, 11) is 0. The lowest BCUT2D eigenvalue weighted by Crippen LogP contribution is -2.57. The molecule has 0 saturated heterocycles. The Hall–Kier alpha value is -3.85. The van der Waals surface area contributed by atoms with E-state index >= 15 is 0 Å². The number of ketones is 2. The molecule has 4 aliphatic carbocycles. The van der Waals surface area contributed by atoms with Crippen LogP contribution in [0, 0.1) is 17.8 Å². The third-order valence-electron chi connectivity index (χ3n) is 8.16. The number of hydrogen-bond donors (Lipinski definition) is 6. The molecule has 0 heterocycles. The molecule has 7 N–H and O–H groups in total. The molecule has 0 aromatic heterocycles. The van der Waals surface area contributed by atoms with E-state index in [0.717, 1.165) is 17.6 Å². The lowest BCUT2D eigenvalue weighted by molar-refractivity contribution is -0.144. The molecule has 6 rings (SSSR count). The number of amides is 1. The SMILES string of the molecule is NC(=O)C1=C(O)C[C@@H]2CC3Cc4cc5ccc(NCC6CC6)cc5c(O)c4C(=O)C3=C(O)[C@]2(O)C1=O. The predicted octanol–water partition coefficient (Wildman–Crippen LogP) is 2.56. The van der Waals surface area contributed by atoms with E-state index in [1.165, 1.54) is 12.8 Å². The van der Waals surface area contributed by atoms with Crippen LogP contribution in [0.3, 0.4) is 0 Å². The van der Waals surface area contributed by atoms with E-state index in [1.54, 1.807) is 6.07 Å². The first-order chi connectivity index (χ1) is 17.1. The second-order valence-corrected chi connectivity index (χ2v) is 10.4. The van der Waals surface area contributed by atoms with Gasteiger partial charge in [-0.25, -0.2) is 0 Å². The average molecular weight is 491 g/mol. The molecule has 186 valence electrons. The molecule has 0 radical (unpaired) electrons. The minimum Gasteiger partial charge on any atom is -0.511 e. The van der Waals surface area contributed by atoms with Crippen molar-refractivity contribution < 1.29 is 34.8 Å². The van der Waals surface area contributed by atoms with Gasteiger partial charge in [0.1, 0.15) is 22.8 Å². The zero-order valence-corrected chi connectivity index (χ0v) is 19.4. The third kappa shape index (κ3) is 3.08. The zero-order valence-electron chi connectivity index (χ0n) is 19.4. The first kappa shape index (κ1) is 22.6. The fourth-order valence-electron chi connectivity index (χ4n) is 6.08. The second-order valence-electron chi connectivity index (χ2n) is 10.4. The maximum absolute atomic E-state index is 13.7. The van der Waals surface area contributed by atoms with Crippen molar-refractivity contribution in [1.82, 2.24) is 0 Å². The molecular formula is C27H26N2O7. The summed E-state index contributed by atoms with van der Waals surface area (Å²) in [6.45, 7) is 0.837. The number of primary amides is 1. The number of aromatic hydroxyl groups is 1. The summed E-state index contributed by atoms with van der Waals surface area (Å²) in [5, 5.41) is 48.5. The fourth-order valence-corrected chi connectivity index (χ4v) is 6.08. The smallest absolute Gasteiger partial charge is 0.255 e. The number of carbonyl (C=O) groups is 3. The molecule has 0 bridgehead atoms. The summed E-state index contributed by atoms with van der Waals surface area (Å²) in [6.07, 6.45) is 2.56. The Kier molecular flexibility index (Phi) is 4.75. The van der Waals surface area contributed by atoms with E-state index < -0.39 is 52.0 Å². The standard InChI is InChI=1S/C27H26N2O7/c28-26(35)21-18(30)8-15-7-14-6-13-5-12-3-4-16(29-10-11-1-2-11)9-17(12)22(31)19(13)23(32)20(14)24(33)27(15,36)25(21)34/h3-5,9,11,14-15,29-31,33,36H,1-2,6-8,10H2,(H2,28,35)/t14?,15-,27-/m0/s1. The van der Waals surface area contributed by atoms with Gasteiger partial charge in [-0.2, -0.15) is 0 Å².